The first kappa shape index (κ1) is 25.4. The number of benzene rings is 3. The molecule has 1 saturated heterocycles. The third-order valence-corrected chi connectivity index (χ3v) is 11.6. The van der Waals surface area contributed by atoms with Gasteiger partial charge in [0.1, 0.15) is 18.0 Å². The number of rotatable bonds is 11. The van der Waals surface area contributed by atoms with Gasteiger partial charge in [-0.3, -0.25) is 0 Å². The van der Waals surface area contributed by atoms with Gasteiger partial charge in [0.05, 0.1) is 26.9 Å². The van der Waals surface area contributed by atoms with Crippen LogP contribution in [0.15, 0.2) is 97.1 Å². The van der Waals surface area contributed by atoms with E-state index in [1.165, 1.54) is 10.4 Å². The molecule has 35 heavy (non-hydrogen) atoms. The maximum absolute atomic E-state index is 6.99. The van der Waals surface area contributed by atoms with Crippen molar-refractivity contribution < 1.29 is 18.6 Å². The highest BCUT2D eigenvalue weighted by Crippen LogP contribution is 2.38. The maximum atomic E-state index is 6.99. The summed E-state index contributed by atoms with van der Waals surface area (Å²) in [5, 5.41) is 2.49. The summed E-state index contributed by atoms with van der Waals surface area (Å²) in [5.41, 5.74) is 2.05. The second-order valence-electron chi connectivity index (χ2n) is 10.1. The monoisotopic (exact) mass is 488 g/mol. The van der Waals surface area contributed by atoms with Gasteiger partial charge in [-0.25, -0.2) is 0 Å². The number of hydrogen-bond donors (Lipinski definition) is 0. The van der Waals surface area contributed by atoms with Crippen LogP contribution in [0.1, 0.15) is 26.3 Å². The van der Waals surface area contributed by atoms with E-state index in [-0.39, 0.29) is 17.2 Å². The van der Waals surface area contributed by atoms with Crippen molar-refractivity contribution in [3.63, 3.8) is 0 Å². The van der Waals surface area contributed by atoms with E-state index < -0.39 is 8.32 Å². The van der Waals surface area contributed by atoms with Crippen molar-refractivity contribution in [1.29, 1.82) is 0 Å². The van der Waals surface area contributed by atoms with Gasteiger partial charge in [-0.2, -0.15) is 0 Å². The van der Waals surface area contributed by atoms with Crippen LogP contribution in [0.25, 0.3) is 0 Å². The van der Waals surface area contributed by atoms with E-state index in [2.05, 4.69) is 88.0 Å². The summed E-state index contributed by atoms with van der Waals surface area (Å²) < 4.78 is 24.1. The van der Waals surface area contributed by atoms with Crippen molar-refractivity contribution in [3.8, 4) is 5.75 Å². The highest BCUT2D eigenvalue weighted by molar-refractivity contribution is 6.99. The van der Waals surface area contributed by atoms with Crippen LogP contribution in [-0.4, -0.2) is 40.8 Å². The Morgan fingerprint density at radius 3 is 1.97 bits per heavy atom. The van der Waals surface area contributed by atoms with Gasteiger partial charge in [0.15, 0.2) is 0 Å². The molecule has 0 aromatic heterocycles. The van der Waals surface area contributed by atoms with Crippen molar-refractivity contribution in [2.75, 3.05) is 20.3 Å². The molecule has 5 heteroatoms. The quantitative estimate of drug-likeness (QED) is 0.214. The average molecular weight is 489 g/mol. The molecule has 0 saturated carbocycles. The topological polar surface area (TPSA) is 40.2 Å². The molecule has 4 rings (SSSR count). The Kier molecular flexibility index (Phi) is 7.92. The summed E-state index contributed by atoms with van der Waals surface area (Å²) in [6.07, 6.45) is -0.0159. The smallest absolute Gasteiger partial charge is 0.261 e. The molecule has 3 aromatic rings. The maximum Gasteiger partial charge on any atom is 0.261 e. The molecule has 0 radical (unpaired) electrons. The first-order valence-corrected chi connectivity index (χ1v) is 14.0. The third-order valence-electron chi connectivity index (χ3n) is 6.58. The first-order valence-electron chi connectivity index (χ1n) is 12.1. The Balaban J connectivity index is 1.39. The van der Waals surface area contributed by atoms with Crippen LogP contribution >= 0.6 is 0 Å². The van der Waals surface area contributed by atoms with Gasteiger partial charge in [0.2, 0.25) is 0 Å². The van der Waals surface area contributed by atoms with Crippen molar-refractivity contribution in [3.05, 3.63) is 103 Å². The molecule has 2 atom stereocenters. The van der Waals surface area contributed by atoms with E-state index in [1.807, 2.05) is 24.3 Å². The number of epoxide rings is 1. The minimum Gasteiger partial charge on any atom is -0.497 e. The minimum absolute atomic E-state index is 0.00809. The molecule has 0 bridgehead atoms. The van der Waals surface area contributed by atoms with Crippen molar-refractivity contribution in [2.24, 2.45) is 0 Å². The lowest BCUT2D eigenvalue weighted by Gasteiger charge is -2.43. The standard InChI is InChI=1S/C30H36O4Si/c1-23(20-32-21-24-16-18-25(31-5)19-17-24)29-28(34-29)22-33-35(30(2,3)4,26-12-8-6-9-13-26)27-14-10-7-11-15-27/h6-19,28-29H,1,20-22H2,2-5H3/t28-,29-/m0/s1. The van der Waals surface area contributed by atoms with Crippen LogP contribution in [0.2, 0.25) is 5.04 Å². The van der Waals surface area contributed by atoms with Gasteiger partial charge in [-0.05, 0) is 38.7 Å². The van der Waals surface area contributed by atoms with E-state index >= 15 is 0 Å². The fourth-order valence-corrected chi connectivity index (χ4v) is 9.27. The fourth-order valence-electron chi connectivity index (χ4n) is 4.70. The Bertz CT molecular complexity index is 1050. The zero-order valence-corrected chi connectivity index (χ0v) is 22.2. The molecule has 1 heterocycles. The Hall–Kier alpha value is -2.70. The van der Waals surface area contributed by atoms with Crippen LogP contribution in [0.4, 0.5) is 0 Å². The van der Waals surface area contributed by atoms with Crippen molar-refractivity contribution >= 4 is 18.7 Å². The van der Waals surface area contributed by atoms with Gasteiger partial charge in [0.25, 0.3) is 8.32 Å². The second-order valence-corrected chi connectivity index (χ2v) is 14.4. The molecular formula is C30H36O4Si. The molecule has 1 fully saturated rings. The van der Waals surface area contributed by atoms with E-state index in [0.717, 1.165) is 16.9 Å². The van der Waals surface area contributed by atoms with Crippen molar-refractivity contribution in [2.45, 2.75) is 44.6 Å². The third kappa shape index (κ3) is 5.76. The molecule has 1 aliphatic heterocycles. The number of hydrogen-bond acceptors (Lipinski definition) is 4. The summed E-state index contributed by atoms with van der Waals surface area (Å²) >= 11 is 0. The van der Waals surface area contributed by atoms with Gasteiger partial charge in [-0.1, -0.05) is 100 Å². The van der Waals surface area contributed by atoms with Crippen LogP contribution in [-0.2, 0) is 20.5 Å². The van der Waals surface area contributed by atoms with Gasteiger partial charge < -0.3 is 18.6 Å². The molecule has 3 aromatic carbocycles. The average Bonchev–Trinajstić information content (AvgIpc) is 3.65. The Morgan fingerprint density at radius 1 is 0.886 bits per heavy atom. The van der Waals surface area contributed by atoms with E-state index in [4.69, 9.17) is 18.6 Å². The van der Waals surface area contributed by atoms with Crippen molar-refractivity contribution in [1.82, 2.24) is 0 Å². The minimum atomic E-state index is -2.57. The van der Waals surface area contributed by atoms with Crippen LogP contribution in [0.3, 0.4) is 0 Å². The molecule has 0 amide bonds. The molecule has 0 aliphatic carbocycles. The molecule has 1 aliphatic rings. The lowest BCUT2D eigenvalue weighted by atomic mass is 10.2. The largest absolute Gasteiger partial charge is 0.497 e. The molecule has 0 spiro atoms. The summed E-state index contributed by atoms with van der Waals surface area (Å²) in [7, 11) is -0.899. The number of ether oxygens (including phenoxy) is 3. The lowest BCUT2D eigenvalue weighted by Crippen LogP contribution is -2.66. The zero-order valence-electron chi connectivity index (χ0n) is 21.2. The summed E-state index contributed by atoms with van der Waals surface area (Å²) in [6.45, 7) is 12.6. The van der Waals surface area contributed by atoms with Crippen LogP contribution < -0.4 is 15.1 Å². The Morgan fingerprint density at radius 2 is 1.46 bits per heavy atom. The second kappa shape index (κ2) is 10.9. The zero-order chi connectivity index (χ0) is 24.9. The molecular weight excluding hydrogens is 452 g/mol. The van der Waals surface area contributed by atoms with E-state index in [9.17, 15) is 0 Å². The summed E-state index contributed by atoms with van der Waals surface area (Å²) in [4.78, 5) is 0. The van der Waals surface area contributed by atoms with Gasteiger partial charge in [0, 0.05) is 0 Å². The predicted molar refractivity (Wildman–Crippen MR) is 144 cm³/mol. The molecule has 0 N–H and O–H groups in total. The lowest BCUT2D eigenvalue weighted by molar-refractivity contribution is 0.138. The summed E-state index contributed by atoms with van der Waals surface area (Å²) in [5.74, 6) is 0.841. The summed E-state index contributed by atoms with van der Waals surface area (Å²) in [6, 6.07) is 29.3. The van der Waals surface area contributed by atoms with Gasteiger partial charge >= 0.3 is 0 Å². The SMILES string of the molecule is C=C(COCc1ccc(OC)cc1)[C@@H]1O[C@H]1CO[Si](c1ccccc1)(c1ccccc1)C(C)(C)C. The fraction of sp³-hybridized carbons (Fsp3) is 0.333. The first-order chi connectivity index (χ1) is 16.8. The molecule has 0 unspecified atom stereocenters. The van der Waals surface area contributed by atoms with E-state index in [0.29, 0.717) is 19.8 Å². The molecule has 4 nitrogen and oxygen atoms in total. The Labute approximate surface area is 210 Å². The highest BCUT2D eigenvalue weighted by Gasteiger charge is 2.52. The van der Waals surface area contributed by atoms with E-state index in [1.54, 1.807) is 7.11 Å². The molecule has 184 valence electrons. The predicted octanol–water partition coefficient (Wildman–Crippen LogP) is 5.11. The van der Waals surface area contributed by atoms with Crippen LogP contribution in [0.5, 0.6) is 5.75 Å². The number of methoxy groups -OCH3 is 1. The normalized spacial score (nSPS) is 17.7. The van der Waals surface area contributed by atoms with Gasteiger partial charge in [-0.15, -0.1) is 0 Å². The van der Waals surface area contributed by atoms with Crippen LogP contribution in [0, 0.1) is 0 Å². The highest BCUT2D eigenvalue weighted by atomic mass is 28.4.